The zero-order valence-corrected chi connectivity index (χ0v) is 15.1. The van der Waals surface area contributed by atoms with Crippen molar-refractivity contribution < 1.29 is 4.79 Å². The molecule has 1 heterocycles. The number of hydrogen-bond donors (Lipinski definition) is 3. The van der Waals surface area contributed by atoms with Crippen LogP contribution in [0.5, 0.6) is 0 Å². The van der Waals surface area contributed by atoms with Crippen LogP contribution < -0.4 is 16.0 Å². The fourth-order valence-electron chi connectivity index (χ4n) is 2.34. The van der Waals surface area contributed by atoms with E-state index in [1.54, 1.807) is 0 Å². The Morgan fingerprint density at radius 1 is 0.885 bits per heavy atom. The molecule has 3 aromatic rings. The Balaban J connectivity index is 1.74. The van der Waals surface area contributed by atoms with Crippen LogP contribution in [0.15, 0.2) is 54.6 Å². The summed E-state index contributed by atoms with van der Waals surface area (Å²) < 4.78 is 0. The van der Waals surface area contributed by atoms with Crippen molar-refractivity contribution in [2.75, 3.05) is 16.0 Å². The summed E-state index contributed by atoms with van der Waals surface area (Å²) in [5.74, 6) is 1.05. The molecule has 0 aliphatic rings. The number of hydrogen-bond acceptors (Lipinski definition) is 5. The fourth-order valence-corrected chi connectivity index (χ4v) is 2.46. The zero-order valence-electron chi connectivity index (χ0n) is 14.4. The molecule has 0 aliphatic carbocycles. The average Bonchev–Trinajstić information content (AvgIpc) is 2.58. The number of anilines is 5. The number of carbonyl (C=O) groups is 1. The molecular formula is C19H18ClN5O. The number of rotatable bonds is 5. The van der Waals surface area contributed by atoms with Crippen molar-refractivity contribution in [1.82, 2.24) is 9.97 Å². The number of nitrogens with zero attached hydrogens (tertiary/aromatic N) is 2. The highest BCUT2D eigenvalue weighted by molar-refractivity contribution is 6.30. The Labute approximate surface area is 156 Å². The van der Waals surface area contributed by atoms with Gasteiger partial charge in [0.25, 0.3) is 0 Å². The van der Waals surface area contributed by atoms with Gasteiger partial charge in [0.15, 0.2) is 0 Å². The molecule has 0 unspecified atom stereocenters. The van der Waals surface area contributed by atoms with Crippen molar-refractivity contribution in [3.05, 3.63) is 65.3 Å². The van der Waals surface area contributed by atoms with Crippen molar-refractivity contribution in [2.24, 2.45) is 0 Å². The third-order valence-electron chi connectivity index (χ3n) is 3.43. The summed E-state index contributed by atoms with van der Waals surface area (Å²) in [4.78, 5) is 20.0. The van der Waals surface area contributed by atoms with Crippen molar-refractivity contribution in [3.8, 4) is 0 Å². The molecule has 7 heteroatoms. The predicted octanol–water partition coefficient (Wildman–Crippen LogP) is 4.88. The predicted molar refractivity (Wildman–Crippen MR) is 106 cm³/mol. The Morgan fingerprint density at radius 3 is 2.12 bits per heavy atom. The summed E-state index contributed by atoms with van der Waals surface area (Å²) >= 11 is 5.91. The van der Waals surface area contributed by atoms with Crippen LogP contribution in [0.3, 0.4) is 0 Å². The minimum absolute atomic E-state index is 0.106. The van der Waals surface area contributed by atoms with Gasteiger partial charge in [-0.05, 0) is 55.5 Å². The first-order valence-electron chi connectivity index (χ1n) is 8.01. The van der Waals surface area contributed by atoms with Gasteiger partial charge in [0, 0.05) is 40.8 Å². The Hall–Kier alpha value is -3.12. The van der Waals surface area contributed by atoms with Crippen molar-refractivity contribution in [1.29, 1.82) is 0 Å². The third-order valence-corrected chi connectivity index (χ3v) is 3.68. The molecule has 0 saturated heterocycles. The lowest BCUT2D eigenvalue weighted by Gasteiger charge is -2.10. The van der Waals surface area contributed by atoms with E-state index in [9.17, 15) is 4.79 Å². The number of nitrogens with one attached hydrogen (secondary N) is 3. The van der Waals surface area contributed by atoms with E-state index in [-0.39, 0.29) is 5.91 Å². The van der Waals surface area contributed by atoms with Crippen LogP contribution >= 0.6 is 11.6 Å². The van der Waals surface area contributed by atoms with Crippen LogP contribution in [0.4, 0.5) is 28.8 Å². The topological polar surface area (TPSA) is 78.9 Å². The third kappa shape index (κ3) is 4.94. The van der Waals surface area contributed by atoms with Crippen LogP contribution in [0.2, 0.25) is 5.02 Å². The van der Waals surface area contributed by atoms with Crippen LogP contribution in [0, 0.1) is 6.92 Å². The van der Waals surface area contributed by atoms with Gasteiger partial charge >= 0.3 is 0 Å². The molecule has 132 valence electrons. The van der Waals surface area contributed by atoms with Crippen molar-refractivity contribution >= 4 is 46.3 Å². The Morgan fingerprint density at radius 2 is 1.46 bits per heavy atom. The second-order valence-electron chi connectivity index (χ2n) is 5.73. The first-order chi connectivity index (χ1) is 12.5. The summed E-state index contributed by atoms with van der Waals surface area (Å²) in [6.07, 6.45) is 0. The maximum absolute atomic E-state index is 11.1. The lowest BCUT2D eigenvalue weighted by atomic mass is 10.3. The summed E-state index contributed by atoms with van der Waals surface area (Å²) in [5.41, 5.74) is 3.27. The molecular weight excluding hydrogens is 350 g/mol. The van der Waals surface area contributed by atoms with E-state index < -0.39 is 0 Å². The Kier molecular flexibility index (Phi) is 5.34. The summed E-state index contributed by atoms with van der Waals surface area (Å²) in [7, 11) is 0. The maximum atomic E-state index is 11.1. The number of aryl methyl sites for hydroxylation is 1. The monoisotopic (exact) mass is 367 g/mol. The number of halogens is 1. The lowest BCUT2D eigenvalue weighted by molar-refractivity contribution is -0.114. The molecule has 26 heavy (non-hydrogen) atoms. The highest BCUT2D eigenvalue weighted by atomic mass is 35.5. The van der Waals surface area contributed by atoms with E-state index in [0.29, 0.717) is 16.8 Å². The minimum Gasteiger partial charge on any atom is -0.340 e. The molecule has 1 aromatic heterocycles. The van der Waals surface area contributed by atoms with Gasteiger partial charge in [-0.1, -0.05) is 11.6 Å². The minimum atomic E-state index is -0.106. The van der Waals surface area contributed by atoms with E-state index in [1.165, 1.54) is 6.92 Å². The van der Waals surface area contributed by atoms with E-state index in [0.717, 1.165) is 22.8 Å². The van der Waals surface area contributed by atoms with Crippen LogP contribution in [-0.4, -0.2) is 15.9 Å². The maximum Gasteiger partial charge on any atom is 0.229 e. The fraction of sp³-hybridized carbons (Fsp3) is 0.105. The first-order valence-corrected chi connectivity index (χ1v) is 8.39. The molecule has 0 radical (unpaired) electrons. The molecule has 0 fully saturated rings. The number of aromatic nitrogens is 2. The highest BCUT2D eigenvalue weighted by Crippen LogP contribution is 2.21. The van der Waals surface area contributed by atoms with Gasteiger partial charge in [0.2, 0.25) is 11.9 Å². The molecule has 3 N–H and O–H groups in total. The second kappa shape index (κ2) is 7.84. The summed E-state index contributed by atoms with van der Waals surface area (Å²) in [5, 5.41) is 9.80. The van der Waals surface area contributed by atoms with Gasteiger partial charge in [-0.25, -0.2) is 4.98 Å². The molecule has 0 aliphatic heterocycles. The quantitative estimate of drug-likeness (QED) is 0.598. The molecule has 2 aromatic carbocycles. The molecule has 0 saturated carbocycles. The lowest BCUT2D eigenvalue weighted by Crippen LogP contribution is -2.05. The molecule has 1 amide bonds. The van der Waals surface area contributed by atoms with Crippen molar-refractivity contribution in [3.63, 3.8) is 0 Å². The van der Waals surface area contributed by atoms with Gasteiger partial charge in [0.05, 0.1) is 0 Å². The molecule has 0 atom stereocenters. The SMILES string of the molecule is CC(=O)Nc1ccc(Nc2nc(C)cc(Nc3ccc(Cl)cc3)n2)cc1. The first kappa shape index (κ1) is 17.7. The van der Waals surface area contributed by atoms with Gasteiger partial charge < -0.3 is 16.0 Å². The molecule has 3 rings (SSSR count). The molecule has 0 spiro atoms. The normalized spacial score (nSPS) is 10.3. The zero-order chi connectivity index (χ0) is 18.5. The molecule has 0 bridgehead atoms. The van der Waals surface area contributed by atoms with Crippen LogP contribution in [-0.2, 0) is 4.79 Å². The molecule has 6 nitrogen and oxygen atoms in total. The van der Waals surface area contributed by atoms with E-state index in [4.69, 9.17) is 11.6 Å². The number of benzene rings is 2. The smallest absolute Gasteiger partial charge is 0.229 e. The second-order valence-corrected chi connectivity index (χ2v) is 6.17. The van der Waals surface area contributed by atoms with E-state index in [1.807, 2.05) is 61.5 Å². The van der Waals surface area contributed by atoms with Gasteiger partial charge in [-0.3, -0.25) is 4.79 Å². The van der Waals surface area contributed by atoms with Gasteiger partial charge in [0.1, 0.15) is 5.82 Å². The van der Waals surface area contributed by atoms with Crippen molar-refractivity contribution in [2.45, 2.75) is 13.8 Å². The largest absolute Gasteiger partial charge is 0.340 e. The average molecular weight is 368 g/mol. The van der Waals surface area contributed by atoms with Crippen LogP contribution in [0.25, 0.3) is 0 Å². The summed E-state index contributed by atoms with van der Waals surface area (Å²) in [6, 6.07) is 16.6. The van der Waals surface area contributed by atoms with E-state index >= 15 is 0 Å². The van der Waals surface area contributed by atoms with Gasteiger partial charge in [-0.2, -0.15) is 4.98 Å². The number of carbonyl (C=O) groups excluding carboxylic acids is 1. The van der Waals surface area contributed by atoms with E-state index in [2.05, 4.69) is 25.9 Å². The van der Waals surface area contributed by atoms with Crippen LogP contribution in [0.1, 0.15) is 12.6 Å². The standard InChI is InChI=1S/C19H18ClN5O/c1-12-11-18(23-16-5-3-14(20)4-6-16)25-19(21-12)24-17-9-7-15(8-10-17)22-13(2)26/h3-11H,1-2H3,(H,22,26)(H2,21,23,24,25). The van der Waals surface area contributed by atoms with Gasteiger partial charge in [-0.15, -0.1) is 0 Å². The number of amides is 1. The summed E-state index contributed by atoms with van der Waals surface area (Å²) in [6.45, 7) is 3.38. The Bertz CT molecular complexity index is 910. The highest BCUT2D eigenvalue weighted by Gasteiger charge is 2.04.